The number of nitrogens with zero attached hydrogens (tertiary/aromatic N) is 2. The van der Waals surface area contributed by atoms with Gasteiger partial charge in [-0.2, -0.15) is 17.9 Å². The average Bonchev–Trinajstić information content (AvgIpc) is 3.09. The van der Waals surface area contributed by atoms with Crippen LogP contribution >= 0.6 is 23.2 Å². The molecule has 148 valence electrons. The summed E-state index contributed by atoms with van der Waals surface area (Å²) < 4.78 is 27.7. The largest absolute Gasteiger partial charge is 0.279 e. The highest BCUT2D eigenvalue weighted by Gasteiger charge is 2.44. The second-order valence-corrected chi connectivity index (χ2v) is 9.81. The van der Waals surface area contributed by atoms with Gasteiger partial charge in [0.2, 0.25) is 0 Å². The van der Waals surface area contributed by atoms with Crippen molar-refractivity contribution in [2.24, 2.45) is 5.10 Å². The standard InChI is InChI=1S/C22H18Cl2N2O2S/c1-22(17-6-3-2-4-7-17)15-26(25-21(22)16-10-12-18(23)13-11-16)29(27,28)20-9-5-8-19(24)14-20/h2-14H,15H2,1H3. The number of benzene rings is 3. The van der Waals surface area contributed by atoms with Crippen LogP contribution in [0.2, 0.25) is 10.0 Å². The van der Waals surface area contributed by atoms with E-state index in [1.54, 1.807) is 24.3 Å². The molecular formula is C22H18Cl2N2O2S. The molecule has 0 amide bonds. The van der Waals surface area contributed by atoms with Gasteiger partial charge in [0.05, 0.1) is 22.6 Å². The summed E-state index contributed by atoms with van der Waals surface area (Å²) in [5.74, 6) is 0. The van der Waals surface area contributed by atoms with Crippen LogP contribution in [-0.2, 0) is 15.4 Å². The van der Waals surface area contributed by atoms with Gasteiger partial charge in [-0.3, -0.25) is 0 Å². The first-order valence-electron chi connectivity index (χ1n) is 8.99. The van der Waals surface area contributed by atoms with E-state index in [-0.39, 0.29) is 11.4 Å². The first-order valence-corrected chi connectivity index (χ1v) is 11.2. The Bertz CT molecular complexity index is 1180. The first kappa shape index (κ1) is 20.0. The Morgan fingerprint density at radius 3 is 2.24 bits per heavy atom. The van der Waals surface area contributed by atoms with Crippen LogP contribution in [0.15, 0.2) is 88.9 Å². The number of rotatable bonds is 4. The normalized spacial score (nSPS) is 19.3. The number of hydrogen-bond donors (Lipinski definition) is 0. The Balaban J connectivity index is 1.85. The molecule has 4 rings (SSSR count). The van der Waals surface area contributed by atoms with Crippen molar-refractivity contribution in [2.75, 3.05) is 6.54 Å². The summed E-state index contributed by atoms with van der Waals surface area (Å²) in [6.07, 6.45) is 0. The van der Waals surface area contributed by atoms with Gasteiger partial charge < -0.3 is 0 Å². The molecule has 3 aromatic carbocycles. The minimum atomic E-state index is -3.85. The second-order valence-electron chi connectivity index (χ2n) is 7.10. The molecule has 0 radical (unpaired) electrons. The third-order valence-electron chi connectivity index (χ3n) is 5.09. The minimum absolute atomic E-state index is 0.113. The van der Waals surface area contributed by atoms with E-state index >= 15 is 0 Å². The quantitative estimate of drug-likeness (QED) is 0.543. The van der Waals surface area contributed by atoms with Crippen LogP contribution in [0.4, 0.5) is 0 Å². The monoisotopic (exact) mass is 444 g/mol. The molecule has 0 N–H and O–H groups in total. The molecule has 3 aromatic rings. The Morgan fingerprint density at radius 1 is 0.897 bits per heavy atom. The summed E-state index contributed by atoms with van der Waals surface area (Å²) in [4.78, 5) is 0.113. The van der Waals surface area contributed by atoms with Gasteiger partial charge in [-0.15, -0.1) is 0 Å². The maximum atomic E-state index is 13.3. The fraction of sp³-hybridized carbons (Fsp3) is 0.136. The molecule has 4 nitrogen and oxygen atoms in total. The first-order chi connectivity index (χ1) is 13.8. The highest BCUT2D eigenvalue weighted by molar-refractivity contribution is 7.89. The van der Waals surface area contributed by atoms with Crippen LogP contribution in [0, 0.1) is 0 Å². The van der Waals surface area contributed by atoms with E-state index in [4.69, 9.17) is 23.2 Å². The minimum Gasteiger partial charge on any atom is -0.200 e. The van der Waals surface area contributed by atoms with E-state index in [0.29, 0.717) is 15.8 Å². The molecule has 1 heterocycles. The fourth-order valence-corrected chi connectivity index (χ4v) is 5.28. The third-order valence-corrected chi connectivity index (χ3v) is 7.19. The van der Waals surface area contributed by atoms with Gasteiger partial charge in [-0.05, 0) is 48.4 Å². The molecule has 0 bridgehead atoms. The predicted octanol–water partition coefficient (Wildman–Crippen LogP) is 5.36. The van der Waals surface area contributed by atoms with E-state index in [1.165, 1.54) is 12.1 Å². The molecule has 29 heavy (non-hydrogen) atoms. The Hall–Kier alpha value is -2.34. The molecule has 0 spiro atoms. The molecule has 1 unspecified atom stereocenters. The molecule has 1 atom stereocenters. The molecule has 0 fully saturated rings. The lowest BCUT2D eigenvalue weighted by Gasteiger charge is -2.27. The molecule has 0 aromatic heterocycles. The zero-order valence-electron chi connectivity index (χ0n) is 15.6. The smallest absolute Gasteiger partial charge is 0.200 e. The summed E-state index contributed by atoms with van der Waals surface area (Å²) in [5, 5.41) is 5.54. The van der Waals surface area contributed by atoms with Gasteiger partial charge in [-0.1, -0.05) is 71.7 Å². The van der Waals surface area contributed by atoms with Crippen LogP contribution in [0.25, 0.3) is 0 Å². The van der Waals surface area contributed by atoms with E-state index in [1.807, 2.05) is 49.4 Å². The lowest BCUT2D eigenvalue weighted by atomic mass is 9.76. The van der Waals surface area contributed by atoms with Crippen LogP contribution in [0.1, 0.15) is 18.1 Å². The Labute approximate surface area is 180 Å². The highest BCUT2D eigenvalue weighted by Crippen LogP contribution is 2.37. The molecule has 0 saturated carbocycles. The van der Waals surface area contributed by atoms with Crippen molar-refractivity contribution < 1.29 is 8.42 Å². The summed E-state index contributed by atoms with van der Waals surface area (Å²) in [5.41, 5.74) is 1.86. The highest BCUT2D eigenvalue weighted by atomic mass is 35.5. The molecule has 0 aliphatic carbocycles. The zero-order chi connectivity index (χ0) is 20.6. The number of halogens is 2. The van der Waals surface area contributed by atoms with Crippen molar-refractivity contribution in [3.63, 3.8) is 0 Å². The van der Waals surface area contributed by atoms with Crippen molar-refractivity contribution in [1.29, 1.82) is 0 Å². The van der Waals surface area contributed by atoms with Crippen molar-refractivity contribution in [1.82, 2.24) is 4.41 Å². The summed E-state index contributed by atoms with van der Waals surface area (Å²) >= 11 is 12.1. The van der Waals surface area contributed by atoms with Gasteiger partial charge in [0.25, 0.3) is 10.0 Å². The topological polar surface area (TPSA) is 49.7 Å². The fourth-order valence-electron chi connectivity index (χ4n) is 3.51. The molecular weight excluding hydrogens is 427 g/mol. The maximum absolute atomic E-state index is 13.3. The van der Waals surface area contributed by atoms with Crippen LogP contribution in [0.5, 0.6) is 0 Å². The summed E-state index contributed by atoms with van der Waals surface area (Å²) in [7, 11) is -3.85. The van der Waals surface area contributed by atoms with Gasteiger partial charge in [-0.25, -0.2) is 0 Å². The Kier molecular flexibility index (Phi) is 5.15. The maximum Gasteiger partial charge on any atom is 0.279 e. The summed E-state index contributed by atoms with van der Waals surface area (Å²) in [6.45, 7) is 2.19. The van der Waals surface area contributed by atoms with Crippen LogP contribution in [-0.4, -0.2) is 25.1 Å². The lowest BCUT2D eigenvalue weighted by molar-refractivity contribution is 0.418. The molecule has 1 aliphatic heterocycles. The van der Waals surface area contributed by atoms with Crippen molar-refractivity contribution >= 4 is 38.9 Å². The van der Waals surface area contributed by atoms with Crippen molar-refractivity contribution in [3.05, 3.63) is 100 Å². The van der Waals surface area contributed by atoms with Gasteiger partial charge in [0.15, 0.2) is 0 Å². The molecule has 1 aliphatic rings. The van der Waals surface area contributed by atoms with Gasteiger partial charge in [0, 0.05) is 10.0 Å². The second kappa shape index (κ2) is 7.48. The van der Waals surface area contributed by atoms with E-state index in [9.17, 15) is 8.42 Å². The van der Waals surface area contributed by atoms with Crippen LogP contribution < -0.4 is 0 Å². The predicted molar refractivity (Wildman–Crippen MR) is 117 cm³/mol. The number of hydrogen-bond acceptors (Lipinski definition) is 3. The van der Waals surface area contributed by atoms with Crippen molar-refractivity contribution in [2.45, 2.75) is 17.2 Å². The lowest BCUT2D eigenvalue weighted by Crippen LogP contribution is -2.37. The molecule has 7 heteroatoms. The van der Waals surface area contributed by atoms with E-state index in [2.05, 4.69) is 5.10 Å². The molecule has 0 saturated heterocycles. The average molecular weight is 445 g/mol. The summed E-state index contributed by atoms with van der Waals surface area (Å²) in [6, 6.07) is 23.3. The van der Waals surface area contributed by atoms with Gasteiger partial charge >= 0.3 is 0 Å². The number of hydrazone groups is 1. The van der Waals surface area contributed by atoms with E-state index in [0.717, 1.165) is 15.5 Å². The van der Waals surface area contributed by atoms with Crippen molar-refractivity contribution in [3.8, 4) is 0 Å². The van der Waals surface area contributed by atoms with Crippen LogP contribution in [0.3, 0.4) is 0 Å². The zero-order valence-corrected chi connectivity index (χ0v) is 17.9. The number of sulfonamides is 1. The van der Waals surface area contributed by atoms with E-state index < -0.39 is 15.4 Å². The SMILES string of the molecule is CC1(c2ccccc2)CN(S(=O)(=O)c2cccc(Cl)c2)N=C1c1ccc(Cl)cc1. The third kappa shape index (κ3) is 3.66. The Morgan fingerprint density at radius 2 is 1.59 bits per heavy atom. The van der Waals surface area contributed by atoms with Gasteiger partial charge in [0.1, 0.15) is 0 Å².